The third-order valence-electron chi connectivity index (χ3n) is 4.46. The van der Waals surface area contributed by atoms with Crippen LogP contribution in [0.1, 0.15) is 13.8 Å². The van der Waals surface area contributed by atoms with Crippen LogP contribution in [-0.4, -0.2) is 42.7 Å². The van der Waals surface area contributed by atoms with Crippen molar-refractivity contribution in [2.24, 2.45) is 5.92 Å². The van der Waals surface area contributed by atoms with Gasteiger partial charge in [-0.3, -0.25) is 24.6 Å². The summed E-state index contributed by atoms with van der Waals surface area (Å²) in [7, 11) is 0. The first-order valence-electron chi connectivity index (χ1n) is 9.46. The Labute approximate surface area is 173 Å². The van der Waals surface area contributed by atoms with E-state index in [0.29, 0.717) is 11.5 Å². The lowest BCUT2D eigenvalue weighted by Gasteiger charge is -2.35. The van der Waals surface area contributed by atoms with Crippen LogP contribution in [0.5, 0.6) is 11.5 Å². The fourth-order valence-electron chi connectivity index (χ4n) is 2.98. The molecule has 1 heterocycles. The molecule has 9 heteroatoms. The number of rotatable bonds is 8. The van der Waals surface area contributed by atoms with Gasteiger partial charge in [0.2, 0.25) is 0 Å². The van der Waals surface area contributed by atoms with Crippen molar-refractivity contribution in [1.82, 2.24) is 0 Å². The van der Waals surface area contributed by atoms with Gasteiger partial charge in [0, 0.05) is 12.1 Å². The standard InChI is InChI=1S/C21H22N2O7/c1-14(2)20-21(25)22(17-12-15(23(26)27)8-9-18(17)30-20)13-19(24)29-11-10-28-16-6-4-3-5-7-16/h3-9,12,14,20H,10-11,13H2,1-2H3. The number of benzene rings is 2. The van der Waals surface area contributed by atoms with Gasteiger partial charge in [-0.2, -0.15) is 0 Å². The number of amides is 1. The summed E-state index contributed by atoms with van der Waals surface area (Å²) in [6.45, 7) is 3.41. The second-order valence-electron chi connectivity index (χ2n) is 7.00. The van der Waals surface area contributed by atoms with Crippen LogP contribution in [-0.2, 0) is 14.3 Å². The van der Waals surface area contributed by atoms with Gasteiger partial charge in [0.25, 0.3) is 11.6 Å². The summed E-state index contributed by atoms with van der Waals surface area (Å²) in [5.41, 5.74) is -0.0358. The number of nitro benzene ring substituents is 1. The Hall–Kier alpha value is -3.62. The van der Waals surface area contributed by atoms with Crippen LogP contribution in [0.25, 0.3) is 0 Å². The van der Waals surface area contributed by atoms with Crippen molar-refractivity contribution in [3.63, 3.8) is 0 Å². The summed E-state index contributed by atoms with van der Waals surface area (Å²) in [5.74, 6) is -0.298. The molecule has 1 amide bonds. The number of hydrogen-bond donors (Lipinski definition) is 0. The van der Waals surface area contributed by atoms with Gasteiger partial charge < -0.3 is 14.2 Å². The molecule has 1 aliphatic rings. The van der Waals surface area contributed by atoms with E-state index in [4.69, 9.17) is 14.2 Å². The average molecular weight is 414 g/mol. The molecule has 1 unspecified atom stereocenters. The Morgan fingerprint density at radius 3 is 2.60 bits per heavy atom. The van der Waals surface area contributed by atoms with Gasteiger partial charge in [0.15, 0.2) is 6.10 Å². The van der Waals surface area contributed by atoms with Gasteiger partial charge in [-0.15, -0.1) is 0 Å². The number of nitrogens with zero attached hydrogens (tertiary/aromatic N) is 2. The number of non-ortho nitro benzene ring substituents is 1. The lowest BCUT2D eigenvalue weighted by molar-refractivity contribution is -0.384. The van der Waals surface area contributed by atoms with Crippen molar-refractivity contribution in [1.29, 1.82) is 0 Å². The number of fused-ring (bicyclic) bond motifs is 1. The van der Waals surface area contributed by atoms with E-state index in [2.05, 4.69) is 0 Å². The van der Waals surface area contributed by atoms with Crippen LogP contribution in [0.15, 0.2) is 48.5 Å². The summed E-state index contributed by atoms with van der Waals surface area (Å²) in [4.78, 5) is 36.9. The molecule has 9 nitrogen and oxygen atoms in total. The van der Waals surface area contributed by atoms with Crippen molar-refractivity contribution in [3.05, 3.63) is 58.6 Å². The molecule has 0 aliphatic carbocycles. The maximum absolute atomic E-state index is 12.9. The summed E-state index contributed by atoms with van der Waals surface area (Å²) in [5, 5.41) is 11.1. The number of ether oxygens (including phenoxy) is 3. The fourth-order valence-corrected chi connectivity index (χ4v) is 2.98. The Balaban J connectivity index is 1.68. The monoisotopic (exact) mass is 414 g/mol. The number of hydrogen-bond acceptors (Lipinski definition) is 7. The molecule has 30 heavy (non-hydrogen) atoms. The summed E-state index contributed by atoms with van der Waals surface area (Å²) in [6, 6.07) is 13.0. The third kappa shape index (κ3) is 4.86. The molecule has 158 valence electrons. The number of para-hydroxylation sites is 1. The Kier molecular flexibility index (Phi) is 6.51. The maximum atomic E-state index is 12.9. The van der Waals surface area contributed by atoms with E-state index < -0.39 is 22.9 Å². The molecule has 0 saturated carbocycles. The molecule has 2 aromatic carbocycles. The fraction of sp³-hybridized carbons (Fsp3) is 0.333. The van der Waals surface area contributed by atoms with Crippen molar-refractivity contribution in [3.8, 4) is 11.5 Å². The molecule has 0 aromatic heterocycles. The molecule has 0 N–H and O–H groups in total. The predicted octanol–water partition coefficient (Wildman–Crippen LogP) is 2.97. The smallest absolute Gasteiger partial charge is 0.326 e. The molecule has 0 radical (unpaired) electrons. The second kappa shape index (κ2) is 9.25. The van der Waals surface area contributed by atoms with Crippen molar-refractivity contribution in [2.45, 2.75) is 20.0 Å². The van der Waals surface area contributed by atoms with E-state index in [-0.39, 0.29) is 37.1 Å². The first-order valence-corrected chi connectivity index (χ1v) is 9.46. The molecule has 0 saturated heterocycles. The van der Waals surface area contributed by atoms with Gasteiger partial charge >= 0.3 is 5.97 Å². The molecule has 0 fully saturated rings. The third-order valence-corrected chi connectivity index (χ3v) is 4.46. The van der Waals surface area contributed by atoms with Gasteiger partial charge in [-0.25, -0.2) is 0 Å². The number of anilines is 1. The first kappa shape index (κ1) is 21.1. The minimum absolute atomic E-state index is 0.00165. The molecular formula is C21H22N2O7. The zero-order valence-corrected chi connectivity index (χ0v) is 16.6. The van der Waals surface area contributed by atoms with Crippen molar-refractivity contribution in [2.75, 3.05) is 24.7 Å². The number of esters is 1. The largest absolute Gasteiger partial charge is 0.490 e. The summed E-state index contributed by atoms with van der Waals surface area (Å²) >= 11 is 0. The zero-order valence-electron chi connectivity index (χ0n) is 16.6. The van der Waals surface area contributed by atoms with E-state index in [9.17, 15) is 19.7 Å². The van der Waals surface area contributed by atoms with E-state index in [1.54, 1.807) is 12.1 Å². The summed E-state index contributed by atoms with van der Waals surface area (Å²) < 4.78 is 16.3. The van der Waals surface area contributed by atoms with Gasteiger partial charge in [-0.05, 0) is 24.1 Å². The highest BCUT2D eigenvalue weighted by Gasteiger charge is 2.38. The highest BCUT2D eigenvalue weighted by Crippen LogP contribution is 2.38. The highest BCUT2D eigenvalue weighted by atomic mass is 16.6. The van der Waals surface area contributed by atoms with Crippen LogP contribution >= 0.6 is 0 Å². The van der Waals surface area contributed by atoms with Crippen LogP contribution < -0.4 is 14.4 Å². The number of carbonyl (C=O) groups is 2. The normalized spacial score (nSPS) is 15.4. The van der Waals surface area contributed by atoms with Crippen LogP contribution in [0, 0.1) is 16.0 Å². The van der Waals surface area contributed by atoms with Crippen LogP contribution in [0.2, 0.25) is 0 Å². The van der Waals surface area contributed by atoms with Crippen molar-refractivity contribution < 1.29 is 28.7 Å². The van der Waals surface area contributed by atoms with Gasteiger partial charge in [0.05, 0.1) is 10.6 Å². The second-order valence-corrected chi connectivity index (χ2v) is 7.00. The van der Waals surface area contributed by atoms with E-state index in [1.165, 1.54) is 23.1 Å². The SMILES string of the molecule is CC(C)C1Oc2ccc([N+](=O)[O-])cc2N(CC(=O)OCCOc2ccccc2)C1=O. The predicted molar refractivity (Wildman–Crippen MR) is 108 cm³/mol. The van der Waals surface area contributed by atoms with Gasteiger partial charge in [0.1, 0.15) is 31.3 Å². The minimum Gasteiger partial charge on any atom is -0.490 e. The Morgan fingerprint density at radius 2 is 1.93 bits per heavy atom. The Morgan fingerprint density at radius 1 is 1.20 bits per heavy atom. The minimum atomic E-state index is -0.798. The van der Waals surface area contributed by atoms with E-state index in [0.717, 1.165) is 0 Å². The highest BCUT2D eigenvalue weighted by molar-refractivity contribution is 6.03. The van der Waals surface area contributed by atoms with Crippen LogP contribution in [0.4, 0.5) is 11.4 Å². The maximum Gasteiger partial charge on any atom is 0.326 e. The van der Waals surface area contributed by atoms with Crippen LogP contribution in [0.3, 0.4) is 0 Å². The first-order chi connectivity index (χ1) is 14.4. The molecule has 0 spiro atoms. The quantitative estimate of drug-likeness (QED) is 0.283. The lowest BCUT2D eigenvalue weighted by atomic mass is 10.0. The number of nitro groups is 1. The lowest BCUT2D eigenvalue weighted by Crippen LogP contribution is -2.50. The molecule has 0 bridgehead atoms. The molecule has 2 aromatic rings. The zero-order chi connectivity index (χ0) is 21.7. The molecule has 1 aliphatic heterocycles. The van der Waals surface area contributed by atoms with E-state index >= 15 is 0 Å². The van der Waals surface area contributed by atoms with E-state index in [1.807, 2.05) is 32.0 Å². The molecule has 3 rings (SSSR count). The number of carbonyl (C=O) groups excluding carboxylic acids is 2. The molecular weight excluding hydrogens is 392 g/mol. The molecule has 1 atom stereocenters. The average Bonchev–Trinajstić information content (AvgIpc) is 2.73. The van der Waals surface area contributed by atoms with Gasteiger partial charge in [-0.1, -0.05) is 32.0 Å². The van der Waals surface area contributed by atoms with Crippen molar-refractivity contribution >= 4 is 23.3 Å². The Bertz CT molecular complexity index is 930. The summed E-state index contributed by atoms with van der Waals surface area (Å²) in [6.07, 6.45) is -0.798. The topological polar surface area (TPSA) is 108 Å².